The summed E-state index contributed by atoms with van der Waals surface area (Å²) >= 11 is 0. The molecule has 0 heterocycles. The topological polar surface area (TPSA) is 116 Å². The van der Waals surface area contributed by atoms with Crippen LogP contribution in [0.2, 0.25) is 0 Å². The summed E-state index contributed by atoms with van der Waals surface area (Å²) < 4.78 is 40.7. The van der Waals surface area contributed by atoms with Gasteiger partial charge in [-0.3, -0.25) is 4.79 Å². The van der Waals surface area contributed by atoms with Gasteiger partial charge < -0.3 is 10.1 Å². The van der Waals surface area contributed by atoms with Crippen LogP contribution in [0.3, 0.4) is 0 Å². The van der Waals surface area contributed by atoms with Crippen LogP contribution in [0.5, 0.6) is 0 Å². The Morgan fingerprint density at radius 3 is 2.26 bits per heavy atom. The largest absolute Gasteiger partial charge is 0.467 e. The lowest BCUT2D eigenvalue weighted by Crippen LogP contribution is -2.49. The predicted molar refractivity (Wildman–Crippen MR) is 80.5 cm³/mol. The zero-order valence-corrected chi connectivity index (χ0v) is 14.0. The summed E-state index contributed by atoms with van der Waals surface area (Å²) in [5.41, 5.74) is -0.782. The average molecular weight is 346 g/mol. The zero-order valence-electron chi connectivity index (χ0n) is 13.2. The van der Waals surface area contributed by atoms with Crippen LogP contribution < -0.4 is 10.5 Å². The Kier molecular flexibility index (Phi) is 5.49. The summed E-state index contributed by atoms with van der Waals surface area (Å²) in [6, 6.07) is 1.78. The molecule has 0 aliphatic carbocycles. The van der Waals surface area contributed by atoms with Crippen molar-refractivity contribution < 1.29 is 27.1 Å². The molecule has 0 fully saturated rings. The van der Waals surface area contributed by atoms with Gasteiger partial charge in [-0.05, 0) is 23.6 Å². The lowest BCUT2D eigenvalue weighted by atomic mass is 9.86. The molecule has 0 radical (unpaired) electrons. The molecule has 23 heavy (non-hydrogen) atoms. The van der Waals surface area contributed by atoms with Crippen LogP contribution >= 0.6 is 0 Å². The SMILES string of the molecule is COC(=O)[C@@H](NC(=O)c1ccc(S(N)(=O)=O)c(F)c1)C(C)(C)C. The van der Waals surface area contributed by atoms with Crippen molar-refractivity contribution in [3.05, 3.63) is 29.6 Å². The minimum absolute atomic E-state index is 0.145. The van der Waals surface area contributed by atoms with Gasteiger partial charge in [-0.2, -0.15) is 0 Å². The number of primary sulfonamides is 1. The Bertz CT molecular complexity index is 725. The van der Waals surface area contributed by atoms with Crippen molar-refractivity contribution >= 4 is 21.9 Å². The number of amides is 1. The quantitative estimate of drug-likeness (QED) is 0.782. The number of esters is 1. The van der Waals surface area contributed by atoms with E-state index in [2.05, 4.69) is 10.1 Å². The van der Waals surface area contributed by atoms with Crippen LogP contribution in [-0.2, 0) is 19.6 Å². The first kappa shape index (κ1) is 19.0. The fraction of sp³-hybridized carbons (Fsp3) is 0.429. The third-order valence-electron chi connectivity index (χ3n) is 3.08. The first-order valence-electron chi connectivity index (χ1n) is 6.59. The van der Waals surface area contributed by atoms with Crippen LogP contribution in [-0.4, -0.2) is 33.4 Å². The number of nitrogens with two attached hydrogens (primary N) is 1. The van der Waals surface area contributed by atoms with E-state index in [1.54, 1.807) is 20.8 Å². The van der Waals surface area contributed by atoms with E-state index in [9.17, 15) is 22.4 Å². The summed E-state index contributed by atoms with van der Waals surface area (Å²) in [6.45, 7) is 5.17. The van der Waals surface area contributed by atoms with Gasteiger partial charge in [0.15, 0.2) is 0 Å². The standard InChI is InChI=1S/C14H19FN2O5S/c1-14(2,3)11(13(19)22-4)17-12(18)8-5-6-10(9(15)7-8)23(16,20)21/h5-7,11H,1-4H3,(H,17,18)(H2,16,20,21)/t11-/m1/s1. The second kappa shape index (κ2) is 6.63. The van der Waals surface area contributed by atoms with Crippen molar-refractivity contribution in [1.82, 2.24) is 5.32 Å². The predicted octanol–water partition coefficient (Wildman–Crippen LogP) is 0.791. The Hall–Kier alpha value is -2.00. The molecule has 0 spiro atoms. The highest BCUT2D eigenvalue weighted by Crippen LogP contribution is 2.21. The first-order valence-corrected chi connectivity index (χ1v) is 8.13. The molecule has 9 heteroatoms. The highest BCUT2D eigenvalue weighted by molar-refractivity contribution is 7.89. The van der Waals surface area contributed by atoms with Gasteiger partial charge in [-0.15, -0.1) is 0 Å². The molecule has 1 rings (SSSR count). The van der Waals surface area contributed by atoms with Crippen molar-refractivity contribution in [3.8, 4) is 0 Å². The van der Waals surface area contributed by atoms with Crippen molar-refractivity contribution in [1.29, 1.82) is 0 Å². The average Bonchev–Trinajstić information content (AvgIpc) is 2.40. The molecular weight excluding hydrogens is 327 g/mol. The number of ether oxygens (including phenoxy) is 1. The molecular formula is C14H19FN2O5S. The summed E-state index contributed by atoms with van der Waals surface area (Å²) in [5.74, 6) is -2.53. The molecule has 128 valence electrons. The maximum atomic E-state index is 13.8. The van der Waals surface area contributed by atoms with E-state index < -0.39 is 44.1 Å². The molecule has 1 aromatic carbocycles. The molecule has 0 bridgehead atoms. The number of benzene rings is 1. The highest BCUT2D eigenvalue weighted by Gasteiger charge is 2.34. The van der Waals surface area contributed by atoms with Gasteiger partial charge in [-0.25, -0.2) is 22.7 Å². The van der Waals surface area contributed by atoms with Gasteiger partial charge in [0.1, 0.15) is 16.8 Å². The summed E-state index contributed by atoms with van der Waals surface area (Å²) in [6.07, 6.45) is 0. The molecule has 1 amide bonds. The number of carbonyl (C=O) groups excluding carboxylic acids is 2. The smallest absolute Gasteiger partial charge is 0.328 e. The van der Waals surface area contributed by atoms with E-state index >= 15 is 0 Å². The van der Waals surface area contributed by atoms with Gasteiger partial charge in [0, 0.05) is 5.56 Å². The summed E-state index contributed by atoms with van der Waals surface area (Å²) in [4.78, 5) is 23.2. The number of sulfonamides is 1. The van der Waals surface area contributed by atoms with Gasteiger partial charge in [-0.1, -0.05) is 20.8 Å². The number of rotatable bonds is 4. The lowest BCUT2D eigenvalue weighted by Gasteiger charge is -2.29. The minimum atomic E-state index is -4.22. The van der Waals surface area contributed by atoms with Crippen LogP contribution in [0.15, 0.2) is 23.1 Å². The second-order valence-electron chi connectivity index (χ2n) is 5.99. The van der Waals surface area contributed by atoms with Crippen LogP contribution in [0.4, 0.5) is 4.39 Å². The van der Waals surface area contributed by atoms with Crippen LogP contribution in [0.1, 0.15) is 31.1 Å². The van der Waals surface area contributed by atoms with Crippen LogP contribution in [0.25, 0.3) is 0 Å². The number of hydrogen-bond donors (Lipinski definition) is 2. The fourth-order valence-electron chi connectivity index (χ4n) is 1.83. The van der Waals surface area contributed by atoms with E-state index in [-0.39, 0.29) is 5.56 Å². The maximum absolute atomic E-state index is 13.8. The van der Waals surface area contributed by atoms with E-state index in [4.69, 9.17) is 5.14 Å². The number of hydrogen-bond acceptors (Lipinski definition) is 5. The Labute approximate surface area is 134 Å². The van der Waals surface area contributed by atoms with Crippen molar-refractivity contribution in [2.24, 2.45) is 10.6 Å². The van der Waals surface area contributed by atoms with Crippen LogP contribution in [0, 0.1) is 11.2 Å². The number of halogens is 1. The molecule has 0 aliphatic rings. The molecule has 0 aliphatic heterocycles. The number of methoxy groups -OCH3 is 1. The van der Waals surface area contributed by atoms with E-state index in [1.165, 1.54) is 7.11 Å². The second-order valence-corrected chi connectivity index (χ2v) is 7.52. The molecule has 1 aromatic rings. The molecule has 0 saturated heterocycles. The Morgan fingerprint density at radius 1 is 1.30 bits per heavy atom. The van der Waals surface area contributed by atoms with Gasteiger partial charge >= 0.3 is 5.97 Å². The molecule has 1 atom stereocenters. The van der Waals surface area contributed by atoms with E-state index in [1.807, 2.05) is 0 Å². The number of nitrogens with one attached hydrogen (secondary N) is 1. The molecule has 7 nitrogen and oxygen atoms in total. The van der Waals surface area contributed by atoms with Crippen molar-refractivity contribution in [2.45, 2.75) is 31.7 Å². The molecule has 0 unspecified atom stereocenters. The first-order chi connectivity index (χ1) is 10.4. The van der Waals surface area contributed by atoms with Crippen molar-refractivity contribution in [2.75, 3.05) is 7.11 Å². The molecule has 0 aromatic heterocycles. The lowest BCUT2D eigenvalue weighted by molar-refractivity contribution is -0.145. The van der Waals surface area contributed by atoms with Gasteiger partial charge in [0.2, 0.25) is 10.0 Å². The highest BCUT2D eigenvalue weighted by atomic mass is 32.2. The fourth-order valence-corrected chi connectivity index (χ4v) is 2.42. The molecule has 3 N–H and O–H groups in total. The summed E-state index contributed by atoms with van der Waals surface area (Å²) in [7, 11) is -3.03. The summed E-state index contributed by atoms with van der Waals surface area (Å²) in [5, 5.41) is 7.30. The maximum Gasteiger partial charge on any atom is 0.328 e. The molecule has 0 saturated carbocycles. The van der Waals surface area contributed by atoms with E-state index in [0.717, 1.165) is 18.2 Å². The zero-order chi connectivity index (χ0) is 18.0. The monoisotopic (exact) mass is 346 g/mol. The minimum Gasteiger partial charge on any atom is -0.467 e. The van der Waals surface area contributed by atoms with Gasteiger partial charge in [0.05, 0.1) is 7.11 Å². The van der Waals surface area contributed by atoms with Crippen molar-refractivity contribution in [3.63, 3.8) is 0 Å². The van der Waals surface area contributed by atoms with E-state index in [0.29, 0.717) is 0 Å². The normalized spacial score (nSPS) is 13.3. The Morgan fingerprint density at radius 2 is 1.87 bits per heavy atom. The number of carbonyl (C=O) groups is 2. The Balaban J connectivity index is 3.11. The third kappa shape index (κ3) is 4.73. The third-order valence-corrected chi connectivity index (χ3v) is 4.02. The van der Waals surface area contributed by atoms with Gasteiger partial charge in [0.25, 0.3) is 5.91 Å².